The number of rotatable bonds is 3. The van der Waals surface area contributed by atoms with Gasteiger partial charge in [0.2, 0.25) is 0 Å². The lowest BCUT2D eigenvalue weighted by molar-refractivity contribution is -0.142. The summed E-state index contributed by atoms with van der Waals surface area (Å²) < 4.78 is 1.92. The van der Waals surface area contributed by atoms with Crippen molar-refractivity contribution in [2.24, 2.45) is 13.0 Å². The summed E-state index contributed by atoms with van der Waals surface area (Å²) >= 11 is 0. The fourth-order valence-corrected chi connectivity index (χ4v) is 4.44. The minimum atomic E-state index is -0.631. The van der Waals surface area contributed by atoms with Gasteiger partial charge in [-0.25, -0.2) is 0 Å². The summed E-state index contributed by atoms with van der Waals surface area (Å²) in [6.45, 7) is 6.34. The lowest BCUT2D eigenvalue weighted by Gasteiger charge is -2.30. The van der Waals surface area contributed by atoms with Crippen molar-refractivity contribution < 1.29 is 9.90 Å². The highest BCUT2D eigenvalue weighted by atomic mass is 16.4. The fourth-order valence-electron chi connectivity index (χ4n) is 4.44. The summed E-state index contributed by atoms with van der Waals surface area (Å²) in [6.07, 6.45) is 2.96. The number of carboxylic acid groups (broad SMARTS) is 1. The van der Waals surface area contributed by atoms with Crippen LogP contribution in [0.25, 0.3) is 0 Å². The van der Waals surface area contributed by atoms with Crippen LogP contribution in [0.5, 0.6) is 0 Å². The van der Waals surface area contributed by atoms with Gasteiger partial charge in [0.05, 0.1) is 11.6 Å². The maximum absolute atomic E-state index is 11.4. The molecule has 0 radical (unpaired) electrons. The third-order valence-corrected chi connectivity index (χ3v) is 5.34. The molecule has 0 saturated carbocycles. The normalized spacial score (nSPS) is 30.9. The monoisotopic (exact) mass is 277 g/mol. The molecule has 1 aromatic rings. The summed E-state index contributed by atoms with van der Waals surface area (Å²) in [5, 5.41) is 13.9. The van der Waals surface area contributed by atoms with E-state index in [4.69, 9.17) is 0 Å². The first-order valence-corrected chi connectivity index (χ1v) is 7.42. The number of nitrogens with zero attached hydrogens (tertiary/aromatic N) is 3. The van der Waals surface area contributed by atoms with E-state index in [1.165, 1.54) is 11.3 Å². The highest BCUT2D eigenvalue weighted by molar-refractivity contribution is 5.71. The van der Waals surface area contributed by atoms with Gasteiger partial charge in [0.1, 0.15) is 0 Å². The topological polar surface area (TPSA) is 58.4 Å². The molecule has 3 rings (SSSR count). The summed E-state index contributed by atoms with van der Waals surface area (Å²) in [4.78, 5) is 13.8. The van der Waals surface area contributed by atoms with E-state index in [0.717, 1.165) is 25.0 Å². The number of carbonyl (C=O) groups is 1. The third-order valence-electron chi connectivity index (χ3n) is 5.34. The molecule has 0 aliphatic carbocycles. The molecule has 110 valence electrons. The quantitative estimate of drug-likeness (QED) is 0.918. The molecule has 1 aromatic heterocycles. The van der Waals surface area contributed by atoms with E-state index in [1.807, 2.05) is 18.7 Å². The second-order valence-electron chi connectivity index (χ2n) is 6.31. The van der Waals surface area contributed by atoms with Gasteiger partial charge in [0.15, 0.2) is 0 Å². The van der Waals surface area contributed by atoms with Gasteiger partial charge in [-0.05, 0) is 40.0 Å². The van der Waals surface area contributed by atoms with E-state index >= 15 is 0 Å². The molecule has 0 aromatic carbocycles. The Morgan fingerprint density at radius 2 is 2.10 bits per heavy atom. The molecule has 2 saturated heterocycles. The minimum Gasteiger partial charge on any atom is -0.481 e. The van der Waals surface area contributed by atoms with Crippen molar-refractivity contribution >= 4 is 5.97 Å². The maximum Gasteiger partial charge on any atom is 0.308 e. The Labute approximate surface area is 119 Å². The van der Waals surface area contributed by atoms with Crippen molar-refractivity contribution in [3.63, 3.8) is 0 Å². The standard InChI is InChI=1S/C15H23N3O2/c1-8-14(9(2)17(4)16-8)10(3)18-11-5-6-13(18)12(7-11)15(19)20/h10-13H,5-7H2,1-4H3,(H,19,20). The van der Waals surface area contributed by atoms with E-state index in [-0.39, 0.29) is 18.0 Å². The van der Waals surface area contributed by atoms with Gasteiger partial charge < -0.3 is 5.11 Å². The van der Waals surface area contributed by atoms with Crippen LogP contribution in [0.2, 0.25) is 0 Å². The Kier molecular flexibility index (Phi) is 3.12. The zero-order chi connectivity index (χ0) is 14.6. The summed E-state index contributed by atoms with van der Waals surface area (Å²) in [7, 11) is 1.97. The second kappa shape index (κ2) is 4.58. The van der Waals surface area contributed by atoms with E-state index in [9.17, 15) is 9.90 Å². The van der Waals surface area contributed by atoms with E-state index in [0.29, 0.717) is 6.04 Å². The largest absolute Gasteiger partial charge is 0.481 e. The Morgan fingerprint density at radius 1 is 1.40 bits per heavy atom. The summed E-state index contributed by atoms with van der Waals surface area (Å²) in [5.74, 6) is -0.817. The molecule has 20 heavy (non-hydrogen) atoms. The molecule has 3 heterocycles. The Morgan fingerprint density at radius 3 is 2.60 bits per heavy atom. The number of aromatic nitrogens is 2. The zero-order valence-corrected chi connectivity index (χ0v) is 12.6. The Balaban J connectivity index is 1.92. The van der Waals surface area contributed by atoms with Gasteiger partial charge >= 0.3 is 5.97 Å². The van der Waals surface area contributed by atoms with Crippen molar-refractivity contribution in [1.29, 1.82) is 0 Å². The van der Waals surface area contributed by atoms with Crippen molar-refractivity contribution in [1.82, 2.24) is 14.7 Å². The van der Waals surface area contributed by atoms with Crippen LogP contribution in [-0.4, -0.2) is 37.8 Å². The molecule has 2 aliphatic rings. The van der Waals surface area contributed by atoms with Gasteiger partial charge in [-0.15, -0.1) is 0 Å². The van der Waals surface area contributed by atoms with Crippen LogP contribution in [-0.2, 0) is 11.8 Å². The van der Waals surface area contributed by atoms with Crippen LogP contribution < -0.4 is 0 Å². The highest BCUT2D eigenvalue weighted by Crippen LogP contribution is 2.47. The van der Waals surface area contributed by atoms with Crippen molar-refractivity contribution in [2.75, 3.05) is 0 Å². The average Bonchev–Trinajstić information content (AvgIpc) is 3.01. The number of aliphatic carboxylic acids is 1. The van der Waals surface area contributed by atoms with Crippen molar-refractivity contribution in [3.8, 4) is 0 Å². The van der Waals surface area contributed by atoms with Gasteiger partial charge in [-0.3, -0.25) is 14.4 Å². The third kappa shape index (κ3) is 1.79. The number of hydrogen-bond acceptors (Lipinski definition) is 3. The van der Waals surface area contributed by atoms with Crippen LogP contribution in [0.4, 0.5) is 0 Å². The van der Waals surface area contributed by atoms with E-state index in [2.05, 4.69) is 23.8 Å². The first kappa shape index (κ1) is 13.6. The van der Waals surface area contributed by atoms with Crippen LogP contribution in [0.3, 0.4) is 0 Å². The Hall–Kier alpha value is -1.36. The molecular formula is C15H23N3O2. The number of aryl methyl sites for hydroxylation is 2. The predicted octanol–water partition coefficient (Wildman–Crippen LogP) is 2.04. The molecule has 5 heteroatoms. The maximum atomic E-state index is 11.4. The van der Waals surface area contributed by atoms with Gasteiger partial charge in [-0.1, -0.05) is 0 Å². The molecule has 4 atom stereocenters. The average molecular weight is 277 g/mol. The summed E-state index contributed by atoms with van der Waals surface area (Å²) in [6, 6.07) is 0.882. The highest BCUT2D eigenvalue weighted by Gasteiger charge is 2.51. The molecular weight excluding hydrogens is 254 g/mol. The first-order chi connectivity index (χ1) is 9.41. The van der Waals surface area contributed by atoms with E-state index in [1.54, 1.807) is 0 Å². The first-order valence-electron chi connectivity index (χ1n) is 7.42. The van der Waals surface area contributed by atoms with Gasteiger partial charge in [-0.2, -0.15) is 5.10 Å². The summed E-state index contributed by atoms with van der Waals surface area (Å²) in [5.41, 5.74) is 3.53. The number of fused-ring (bicyclic) bond motifs is 2. The second-order valence-corrected chi connectivity index (χ2v) is 6.31. The van der Waals surface area contributed by atoms with Crippen LogP contribution in [0.1, 0.15) is 49.2 Å². The molecule has 4 unspecified atom stereocenters. The number of carboxylic acids is 1. The van der Waals surface area contributed by atoms with Crippen molar-refractivity contribution in [2.45, 2.75) is 58.2 Å². The SMILES string of the molecule is Cc1nn(C)c(C)c1C(C)N1C2CCC1C(C(=O)O)C2. The Bertz CT molecular complexity index is 552. The van der Waals surface area contributed by atoms with Crippen LogP contribution in [0.15, 0.2) is 0 Å². The van der Waals surface area contributed by atoms with Gasteiger partial charge in [0.25, 0.3) is 0 Å². The predicted molar refractivity (Wildman–Crippen MR) is 75.5 cm³/mol. The molecule has 2 fully saturated rings. The smallest absolute Gasteiger partial charge is 0.308 e. The van der Waals surface area contributed by atoms with Crippen LogP contribution in [0, 0.1) is 19.8 Å². The fraction of sp³-hybridized carbons (Fsp3) is 0.733. The molecule has 5 nitrogen and oxygen atoms in total. The van der Waals surface area contributed by atoms with Crippen molar-refractivity contribution in [3.05, 3.63) is 17.0 Å². The zero-order valence-electron chi connectivity index (χ0n) is 12.6. The molecule has 0 spiro atoms. The molecule has 1 N–H and O–H groups in total. The van der Waals surface area contributed by atoms with E-state index < -0.39 is 5.97 Å². The van der Waals surface area contributed by atoms with Gasteiger partial charge in [0, 0.05) is 36.4 Å². The molecule has 2 bridgehead atoms. The lowest BCUT2D eigenvalue weighted by atomic mass is 9.89. The number of hydrogen-bond donors (Lipinski definition) is 1. The molecule has 0 amide bonds. The van der Waals surface area contributed by atoms with Crippen LogP contribution >= 0.6 is 0 Å². The minimum absolute atomic E-state index is 0.187. The lowest BCUT2D eigenvalue weighted by Crippen LogP contribution is -2.35. The molecule has 2 aliphatic heterocycles.